The van der Waals surface area contributed by atoms with Gasteiger partial charge in [-0.15, -0.1) is 0 Å². The summed E-state index contributed by atoms with van der Waals surface area (Å²) in [5.41, 5.74) is 2.41. The Bertz CT molecular complexity index is 1100. The number of carbonyl (C=O) groups is 2. The molecule has 0 bridgehead atoms. The first kappa shape index (κ1) is 23.2. The lowest BCUT2D eigenvalue weighted by Gasteiger charge is -2.09. The summed E-state index contributed by atoms with van der Waals surface area (Å²) in [6.45, 7) is 3.45. The SMILES string of the molecule is CCOc1ccc(-c2n[nH]c(=S)n2CCC(=O)NCCc2ccc(C(=O)OC)cc2)cc1. The normalized spacial score (nSPS) is 10.6. The second-order valence-corrected chi connectivity index (χ2v) is 7.39. The summed E-state index contributed by atoms with van der Waals surface area (Å²) < 4.78 is 12.4. The Morgan fingerprint density at radius 2 is 1.84 bits per heavy atom. The Kier molecular flexibility index (Phi) is 8.15. The van der Waals surface area contributed by atoms with Crippen LogP contribution in [0.1, 0.15) is 29.3 Å². The van der Waals surface area contributed by atoms with Gasteiger partial charge in [0.1, 0.15) is 5.75 Å². The summed E-state index contributed by atoms with van der Waals surface area (Å²) in [5.74, 6) is 1.03. The number of rotatable bonds is 10. The number of hydrogen-bond donors (Lipinski definition) is 2. The van der Waals surface area contributed by atoms with Gasteiger partial charge in [-0.3, -0.25) is 14.5 Å². The zero-order valence-corrected chi connectivity index (χ0v) is 18.9. The summed E-state index contributed by atoms with van der Waals surface area (Å²) in [6.07, 6.45) is 0.939. The predicted octanol–water partition coefficient (Wildman–Crippen LogP) is 3.54. The van der Waals surface area contributed by atoms with Gasteiger partial charge in [0.15, 0.2) is 10.6 Å². The molecule has 0 radical (unpaired) electrons. The Morgan fingerprint density at radius 3 is 2.50 bits per heavy atom. The quantitative estimate of drug-likeness (QED) is 0.359. The van der Waals surface area contributed by atoms with E-state index >= 15 is 0 Å². The third-order valence-electron chi connectivity index (χ3n) is 4.86. The Balaban J connectivity index is 1.51. The van der Waals surface area contributed by atoms with Crippen LogP contribution in [0, 0.1) is 4.77 Å². The second kappa shape index (κ2) is 11.2. The first-order valence-electron chi connectivity index (χ1n) is 10.3. The molecule has 0 saturated heterocycles. The average Bonchev–Trinajstić information content (AvgIpc) is 3.18. The summed E-state index contributed by atoms with van der Waals surface area (Å²) in [4.78, 5) is 23.8. The van der Waals surface area contributed by atoms with E-state index in [9.17, 15) is 9.59 Å². The molecule has 0 atom stereocenters. The molecule has 0 fully saturated rings. The van der Waals surface area contributed by atoms with Crippen LogP contribution in [0.4, 0.5) is 0 Å². The number of nitrogens with one attached hydrogen (secondary N) is 2. The maximum Gasteiger partial charge on any atom is 0.337 e. The van der Waals surface area contributed by atoms with E-state index in [0.29, 0.717) is 42.3 Å². The minimum absolute atomic E-state index is 0.0723. The highest BCUT2D eigenvalue weighted by molar-refractivity contribution is 7.71. The van der Waals surface area contributed by atoms with Gasteiger partial charge in [-0.25, -0.2) is 4.79 Å². The maximum absolute atomic E-state index is 12.3. The van der Waals surface area contributed by atoms with E-state index < -0.39 is 0 Å². The molecule has 1 heterocycles. The fourth-order valence-corrected chi connectivity index (χ4v) is 3.41. The number of aromatic nitrogens is 3. The number of hydrogen-bond acceptors (Lipinski definition) is 6. The number of carbonyl (C=O) groups excluding carboxylic acids is 2. The van der Waals surface area contributed by atoms with Crippen LogP contribution < -0.4 is 10.1 Å². The number of aromatic amines is 1. The largest absolute Gasteiger partial charge is 0.494 e. The van der Waals surface area contributed by atoms with Crippen LogP contribution in [0.2, 0.25) is 0 Å². The highest BCUT2D eigenvalue weighted by Gasteiger charge is 2.11. The van der Waals surface area contributed by atoms with Crippen LogP contribution >= 0.6 is 12.2 Å². The van der Waals surface area contributed by atoms with Crippen molar-refractivity contribution in [2.24, 2.45) is 0 Å². The topological polar surface area (TPSA) is 98.2 Å². The van der Waals surface area contributed by atoms with Gasteiger partial charge >= 0.3 is 5.97 Å². The Morgan fingerprint density at radius 1 is 1.12 bits per heavy atom. The molecule has 3 aromatic rings. The molecule has 0 spiro atoms. The van der Waals surface area contributed by atoms with E-state index in [1.165, 1.54) is 7.11 Å². The van der Waals surface area contributed by atoms with E-state index in [2.05, 4.69) is 20.3 Å². The van der Waals surface area contributed by atoms with Gasteiger partial charge in [-0.1, -0.05) is 12.1 Å². The monoisotopic (exact) mass is 454 g/mol. The fourth-order valence-electron chi connectivity index (χ4n) is 3.19. The number of methoxy groups -OCH3 is 1. The van der Waals surface area contributed by atoms with E-state index in [1.54, 1.807) is 12.1 Å². The molecule has 0 aliphatic rings. The molecular weight excluding hydrogens is 428 g/mol. The third kappa shape index (κ3) is 6.04. The van der Waals surface area contributed by atoms with E-state index in [1.807, 2.05) is 47.9 Å². The molecule has 0 aliphatic carbocycles. The highest BCUT2D eigenvalue weighted by atomic mass is 32.1. The van der Waals surface area contributed by atoms with E-state index in [-0.39, 0.29) is 18.3 Å². The standard InChI is InChI=1S/C23H26N4O4S/c1-3-31-19-10-8-17(9-11-19)21-25-26-23(32)27(21)15-13-20(28)24-14-12-16-4-6-18(7-5-16)22(29)30-2/h4-11H,3,12-15H2,1-2H3,(H,24,28)(H,26,32). The Hall–Kier alpha value is -3.46. The summed E-state index contributed by atoms with van der Waals surface area (Å²) in [7, 11) is 1.35. The summed E-state index contributed by atoms with van der Waals surface area (Å²) >= 11 is 5.34. The highest BCUT2D eigenvalue weighted by Crippen LogP contribution is 2.21. The van der Waals surface area contributed by atoms with E-state index in [0.717, 1.165) is 16.9 Å². The predicted molar refractivity (Wildman–Crippen MR) is 123 cm³/mol. The molecule has 0 aliphatic heterocycles. The lowest BCUT2D eigenvalue weighted by atomic mass is 10.1. The van der Waals surface area contributed by atoms with Crippen LogP contribution in [-0.2, 0) is 22.5 Å². The lowest BCUT2D eigenvalue weighted by Crippen LogP contribution is -2.26. The minimum atomic E-state index is -0.368. The average molecular weight is 455 g/mol. The number of esters is 1. The van der Waals surface area contributed by atoms with Gasteiger partial charge in [-0.2, -0.15) is 5.10 Å². The maximum atomic E-state index is 12.3. The van der Waals surface area contributed by atoms with Crippen molar-refractivity contribution in [1.29, 1.82) is 0 Å². The molecule has 2 aromatic carbocycles. The molecule has 32 heavy (non-hydrogen) atoms. The number of ether oxygens (including phenoxy) is 2. The molecule has 0 saturated carbocycles. The van der Waals surface area contributed by atoms with Crippen LogP contribution in [0.5, 0.6) is 5.75 Å². The molecule has 3 rings (SSSR count). The van der Waals surface area contributed by atoms with Crippen molar-refractivity contribution in [2.45, 2.75) is 26.3 Å². The molecule has 2 N–H and O–H groups in total. The molecule has 1 amide bonds. The van der Waals surface area contributed by atoms with Gasteiger partial charge in [0, 0.05) is 25.1 Å². The molecular formula is C23H26N4O4S. The number of benzene rings is 2. The van der Waals surface area contributed by atoms with Gasteiger partial charge in [0.05, 0.1) is 19.3 Å². The number of H-pyrrole nitrogens is 1. The lowest BCUT2D eigenvalue weighted by molar-refractivity contribution is -0.121. The molecule has 168 valence electrons. The second-order valence-electron chi connectivity index (χ2n) is 7.00. The third-order valence-corrected chi connectivity index (χ3v) is 5.17. The van der Waals surface area contributed by atoms with Crippen LogP contribution in [0.25, 0.3) is 11.4 Å². The number of nitrogens with zero attached hydrogens (tertiary/aromatic N) is 2. The van der Waals surface area contributed by atoms with Gasteiger partial charge in [-0.05, 0) is 67.5 Å². The van der Waals surface area contributed by atoms with Crippen molar-refractivity contribution >= 4 is 24.1 Å². The molecule has 8 nitrogen and oxygen atoms in total. The smallest absolute Gasteiger partial charge is 0.337 e. The first-order valence-corrected chi connectivity index (χ1v) is 10.7. The van der Waals surface area contributed by atoms with Crippen molar-refractivity contribution in [1.82, 2.24) is 20.1 Å². The van der Waals surface area contributed by atoms with E-state index in [4.69, 9.17) is 17.0 Å². The fraction of sp³-hybridized carbons (Fsp3) is 0.304. The summed E-state index contributed by atoms with van der Waals surface area (Å²) in [6, 6.07) is 14.7. The van der Waals surface area contributed by atoms with Crippen molar-refractivity contribution in [3.63, 3.8) is 0 Å². The van der Waals surface area contributed by atoms with Crippen LogP contribution in [0.3, 0.4) is 0 Å². The van der Waals surface area contributed by atoms with Crippen LogP contribution in [-0.4, -0.2) is 46.9 Å². The minimum Gasteiger partial charge on any atom is -0.494 e. The van der Waals surface area contributed by atoms with Gasteiger partial charge < -0.3 is 14.8 Å². The van der Waals surface area contributed by atoms with Gasteiger partial charge in [0.25, 0.3) is 0 Å². The van der Waals surface area contributed by atoms with Gasteiger partial charge in [0.2, 0.25) is 5.91 Å². The van der Waals surface area contributed by atoms with Crippen molar-refractivity contribution in [3.05, 3.63) is 64.4 Å². The Labute approximate surface area is 191 Å². The number of amides is 1. The molecule has 9 heteroatoms. The van der Waals surface area contributed by atoms with Crippen molar-refractivity contribution < 1.29 is 19.1 Å². The molecule has 0 unspecified atom stereocenters. The van der Waals surface area contributed by atoms with Crippen molar-refractivity contribution in [3.8, 4) is 17.1 Å². The van der Waals surface area contributed by atoms with Crippen LogP contribution in [0.15, 0.2) is 48.5 Å². The first-order chi connectivity index (χ1) is 15.5. The van der Waals surface area contributed by atoms with Crippen molar-refractivity contribution in [2.75, 3.05) is 20.3 Å². The molecule has 1 aromatic heterocycles. The summed E-state index contributed by atoms with van der Waals surface area (Å²) in [5, 5.41) is 10.0. The zero-order chi connectivity index (χ0) is 22.9. The zero-order valence-electron chi connectivity index (χ0n) is 18.1.